The van der Waals surface area contributed by atoms with Gasteiger partial charge in [0.1, 0.15) is 5.82 Å². The molecule has 17 heavy (non-hydrogen) atoms. The third-order valence-corrected chi connectivity index (χ3v) is 2.46. The van der Waals surface area contributed by atoms with Crippen LogP contribution in [0.5, 0.6) is 0 Å². The number of carbonyl (C=O) groups is 1. The van der Waals surface area contributed by atoms with Gasteiger partial charge >= 0.3 is 0 Å². The van der Waals surface area contributed by atoms with Crippen LogP contribution in [0.3, 0.4) is 0 Å². The highest BCUT2D eigenvalue weighted by Gasteiger charge is 2.09. The van der Waals surface area contributed by atoms with Crippen LogP contribution in [-0.2, 0) is 16.0 Å². The Labute approximate surface area is 105 Å². The zero-order valence-electron chi connectivity index (χ0n) is 9.58. The number of alkyl halides is 1. The summed E-state index contributed by atoms with van der Waals surface area (Å²) in [6.45, 7) is 0.671. The Morgan fingerprint density at radius 1 is 1.53 bits per heavy atom. The quantitative estimate of drug-likeness (QED) is 0.791. The van der Waals surface area contributed by atoms with Gasteiger partial charge in [-0.1, -0.05) is 18.2 Å². The molecule has 0 aliphatic heterocycles. The number of rotatable bonds is 6. The molecule has 0 radical (unpaired) electrons. The minimum atomic E-state index is -0.373. The normalized spacial score (nSPS) is 12.2. The van der Waals surface area contributed by atoms with E-state index in [9.17, 15) is 9.18 Å². The van der Waals surface area contributed by atoms with Gasteiger partial charge in [-0.3, -0.25) is 4.79 Å². The summed E-state index contributed by atoms with van der Waals surface area (Å²) in [5.41, 5.74) is 0.378. The van der Waals surface area contributed by atoms with Gasteiger partial charge in [-0.2, -0.15) is 0 Å². The summed E-state index contributed by atoms with van der Waals surface area (Å²) < 4.78 is 18.1. The molecule has 0 saturated carbocycles. The number of hydrogen-bond acceptors (Lipinski definition) is 2. The van der Waals surface area contributed by atoms with Crippen molar-refractivity contribution in [2.24, 2.45) is 0 Å². The molecule has 1 unspecified atom stereocenters. The summed E-state index contributed by atoms with van der Waals surface area (Å²) in [6, 6.07) is 6.20. The van der Waals surface area contributed by atoms with Crippen molar-refractivity contribution in [1.29, 1.82) is 0 Å². The monoisotopic (exact) mass is 259 g/mol. The fourth-order valence-electron chi connectivity index (χ4n) is 1.34. The predicted octanol–water partition coefficient (Wildman–Crippen LogP) is 1.74. The maximum Gasteiger partial charge on any atom is 0.224 e. The van der Waals surface area contributed by atoms with Gasteiger partial charge in [0.2, 0.25) is 5.91 Å². The molecular weight excluding hydrogens is 245 g/mol. The van der Waals surface area contributed by atoms with Gasteiger partial charge in [0.15, 0.2) is 0 Å². The van der Waals surface area contributed by atoms with Crippen LogP contribution in [-0.4, -0.2) is 31.5 Å². The largest absolute Gasteiger partial charge is 0.383 e. The lowest BCUT2D eigenvalue weighted by atomic mass is 10.1. The van der Waals surface area contributed by atoms with Crippen molar-refractivity contribution in [2.75, 3.05) is 20.3 Å². The maximum atomic E-state index is 13.2. The minimum Gasteiger partial charge on any atom is -0.383 e. The highest BCUT2D eigenvalue weighted by Crippen LogP contribution is 2.06. The Hall–Kier alpha value is -1.13. The molecule has 3 nitrogen and oxygen atoms in total. The van der Waals surface area contributed by atoms with Crippen molar-refractivity contribution < 1.29 is 13.9 Å². The fraction of sp³-hybridized carbons (Fsp3) is 0.417. The smallest absolute Gasteiger partial charge is 0.224 e. The molecule has 1 aromatic carbocycles. The predicted molar refractivity (Wildman–Crippen MR) is 64.6 cm³/mol. The van der Waals surface area contributed by atoms with Crippen molar-refractivity contribution in [2.45, 2.75) is 11.8 Å². The van der Waals surface area contributed by atoms with Crippen LogP contribution < -0.4 is 5.32 Å². The number of ether oxygens (including phenoxy) is 1. The summed E-state index contributed by atoms with van der Waals surface area (Å²) in [5.74, 6) is -0.626. The highest BCUT2D eigenvalue weighted by molar-refractivity contribution is 6.21. The first-order valence-electron chi connectivity index (χ1n) is 5.26. The molecule has 1 N–H and O–H groups in total. The third kappa shape index (κ3) is 5.15. The van der Waals surface area contributed by atoms with Crippen LogP contribution in [0, 0.1) is 5.82 Å². The molecule has 5 heteroatoms. The molecule has 0 saturated heterocycles. The Morgan fingerprint density at radius 3 is 2.88 bits per heavy atom. The second kappa shape index (κ2) is 7.25. The number of hydrogen-bond donors (Lipinski definition) is 1. The molecule has 1 amide bonds. The fourth-order valence-corrected chi connectivity index (χ4v) is 1.54. The zero-order valence-corrected chi connectivity index (χ0v) is 10.3. The average molecular weight is 260 g/mol. The van der Waals surface area contributed by atoms with Crippen LogP contribution in [0.4, 0.5) is 4.39 Å². The molecule has 1 rings (SSSR count). The molecule has 0 spiro atoms. The first-order valence-corrected chi connectivity index (χ1v) is 5.70. The SMILES string of the molecule is COCC(Cl)CNC(=O)Cc1ccccc1F. The lowest BCUT2D eigenvalue weighted by molar-refractivity contribution is -0.120. The molecule has 1 atom stereocenters. The average Bonchev–Trinajstić information content (AvgIpc) is 2.30. The summed E-state index contributed by atoms with van der Waals surface area (Å²) in [4.78, 5) is 11.5. The van der Waals surface area contributed by atoms with Crippen LogP contribution in [0.1, 0.15) is 5.56 Å². The number of nitrogens with one attached hydrogen (secondary N) is 1. The van der Waals surface area contributed by atoms with Gasteiger partial charge in [0.25, 0.3) is 0 Å². The molecule has 0 bridgehead atoms. The van der Waals surface area contributed by atoms with E-state index in [4.69, 9.17) is 16.3 Å². The van der Waals surface area contributed by atoms with Crippen molar-refractivity contribution in [3.8, 4) is 0 Å². The van der Waals surface area contributed by atoms with Crippen LogP contribution >= 0.6 is 11.6 Å². The molecule has 0 aromatic heterocycles. The van der Waals surface area contributed by atoms with E-state index in [0.29, 0.717) is 18.7 Å². The first-order chi connectivity index (χ1) is 8.13. The molecular formula is C12H15ClFNO2. The Kier molecular flexibility index (Phi) is 5.94. The van der Waals surface area contributed by atoms with Crippen molar-refractivity contribution in [3.05, 3.63) is 35.6 Å². The van der Waals surface area contributed by atoms with Crippen LogP contribution in [0.15, 0.2) is 24.3 Å². The third-order valence-electron chi connectivity index (χ3n) is 2.18. The van der Waals surface area contributed by atoms with Crippen molar-refractivity contribution >= 4 is 17.5 Å². The van der Waals surface area contributed by atoms with Crippen LogP contribution in [0.25, 0.3) is 0 Å². The van der Waals surface area contributed by atoms with Crippen molar-refractivity contribution in [3.63, 3.8) is 0 Å². The Bertz CT molecular complexity index is 373. The van der Waals surface area contributed by atoms with E-state index in [1.165, 1.54) is 13.2 Å². The summed E-state index contributed by atoms with van der Waals surface area (Å²) in [7, 11) is 1.54. The van der Waals surface area contributed by atoms with Gasteiger partial charge in [-0.15, -0.1) is 11.6 Å². The molecule has 0 heterocycles. The highest BCUT2D eigenvalue weighted by atomic mass is 35.5. The van der Waals surface area contributed by atoms with E-state index in [1.807, 2.05) is 0 Å². The van der Waals surface area contributed by atoms with E-state index in [2.05, 4.69) is 5.32 Å². The summed E-state index contributed by atoms with van der Waals surface area (Å²) in [6.07, 6.45) is 0.0171. The molecule has 0 fully saturated rings. The topological polar surface area (TPSA) is 38.3 Å². The summed E-state index contributed by atoms with van der Waals surface area (Å²) in [5, 5.41) is 2.35. The van der Waals surface area contributed by atoms with E-state index >= 15 is 0 Å². The zero-order chi connectivity index (χ0) is 12.7. The van der Waals surface area contributed by atoms with Crippen LogP contribution in [0.2, 0.25) is 0 Å². The standard InChI is InChI=1S/C12H15ClFNO2/c1-17-8-10(13)7-15-12(16)6-9-4-2-3-5-11(9)14/h2-5,10H,6-8H2,1H3,(H,15,16). The van der Waals surface area contributed by atoms with Crippen molar-refractivity contribution in [1.82, 2.24) is 5.32 Å². The number of halogens is 2. The number of methoxy groups -OCH3 is 1. The number of carbonyl (C=O) groups excluding carboxylic acids is 1. The molecule has 1 aromatic rings. The van der Waals surface area contributed by atoms with Gasteiger partial charge in [0, 0.05) is 13.7 Å². The lowest BCUT2D eigenvalue weighted by Crippen LogP contribution is -2.32. The van der Waals surface area contributed by atoms with E-state index in [1.54, 1.807) is 18.2 Å². The Balaban J connectivity index is 2.37. The summed E-state index contributed by atoms with van der Waals surface area (Å²) >= 11 is 5.85. The Morgan fingerprint density at radius 2 is 2.24 bits per heavy atom. The van der Waals surface area contributed by atoms with E-state index in [-0.39, 0.29) is 23.5 Å². The van der Waals surface area contributed by atoms with Gasteiger partial charge in [0.05, 0.1) is 18.4 Å². The molecule has 94 valence electrons. The number of benzene rings is 1. The van der Waals surface area contributed by atoms with Gasteiger partial charge in [-0.25, -0.2) is 4.39 Å². The maximum absolute atomic E-state index is 13.2. The van der Waals surface area contributed by atoms with Gasteiger partial charge in [-0.05, 0) is 11.6 Å². The second-order valence-electron chi connectivity index (χ2n) is 3.62. The first kappa shape index (κ1) is 13.9. The van der Waals surface area contributed by atoms with Gasteiger partial charge < -0.3 is 10.1 Å². The minimum absolute atomic E-state index is 0.0171. The van der Waals surface area contributed by atoms with E-state index in [0.717, 1.165) is 0 Å². The molecule has 0 aliphatic rings. The molecule has 0 aliphatic carbocycles. The second-order valence-corrected chi connectivity index (χ2v) is 4.24. The number of amides is 1. The van der Waals surface area contributed by atoms with E-state index < -0.39 is 0 Å². The lowest BCUT2D eigenvalue weighted by Gasteiger charge is -2.10.